The highest BCUT2D eigenvalue weighted by Gasteiger charge is 2.19. The third-order valence-corrected chi connectivity index (χ3v) is 4.57. The van der Waals surface area contributed by atoms with Gasteiger partial charge in [0, 0.05) is 17.4 Å². The maximum Gasteiger partial charge on any atom is 0.184 e. The molecule has 0 saturated carbocycles. The van der Waals surface area contributed by atoms with Crippen LogP contribution in [0.5, 0.6) is 0 Å². The fourth-order valence-electron chi connectivity index (χ4n) is 1.77. The lowest BCUT2D eigenvalue weighted by Gasteiger charge is -2.08. The second-order valence-corrected chi connectivity index (χ2v) is 6.71. The van der Waals surface area contributed by atoms with Gasteiger partial charge in [0.2, 0.25) is 0 Å². The minimum absolute atomic E-state index is 0.0570. The van der Waals surface area contributed by atoms with Gasteiger partial charge in [0.05, 0.1) is 16.3 Å². The Labute approximate surface area is 117 Å². The summed E-state index contributed by atoms with van der Waals surface area (Å²) in [6, 6.07) is 6.20. The van der Waals surface area contributed by atoms with Crippen molar-refractivity contribution in [2.75, 3.05) is 5.73 Å². The summed E-state index contributed by atoms with van der Waals surface area (Å²) in [5.41, 5.74) is 7.44. The van der Waals surface area contributed by atoms with Crippen molar-refractivity contribution in [2.45, 2.75) is 17.6 Å². The summed E-state index contributed by atoms with van der Waals surface area (Å²) in [6.45, 7) is 1.86. The van der Waals surface area contributed by atoms with Crippen LogP contribution in [0, 0.1) is 6.92 Å². The molecule has 0 unspecified atom stereocenters. The smallest absolute Gasteiger partial charge is 0.184 e. The molecule has 2 N–H and O–H groups in total. The Hall–Kier alpha value is -1.59. The summed E-state index contributed by atoms with van der Waals surface area (Å²) in [4.78, 5) is 4.04. The highest BCUT2D eigenvalue weighted by molar-refractivity contribution is 7.90. The normalized spacial score (nSPS) is 11.5. The first-order chi connectivity index (χ1) is 8.88. The maximum absolute atomic E-state index is 12.3. The van der Waals surface area contributed by atoms with E-state index in [0.717, 1.165) is 5.56 Å². The predicted octanol–water partition coefficient (Wildman–Crippen LogP) is 2.60. The number of aromatic nitrogens is 1. The molecule has 0 fully saturated rings. The van der Waals surface area contributed by atoms with Crippen LogP contribution < -0.4 is 5.73 Å². The van der Waals surface area contributed by atoms with Crippen LogP contribution in [0.1, 0.15) is 11.1 Å². The van der Waals surface area contributed by atoms with Crippen LogP contribution in [0.3, 0.4) is 0 Å². The van der Waals surface area contributed by atoms with Crippen LogP contribution in [-0.2, 0) is 15.6 Å². The monoisotopic (exact) mass is 296 g/mol. The summed E-state index contributed by atoms with van der Waals surface area (Å²) >= 11 is 5.82. The summed E-state index contributed by atoms with van der Waals surface area (Å²) in [6.07, 6.45) is 3.20. The molecular weight excluding hydrogens is 284 g/mol. The average Bonchev–Trinajstić information content (AvgIpc) is 2.31. The Morgan fingerprint density at radius 3 is 2.68 bits per heavy atom. The first-order valence-corrected chi connectivity index (χ1v) is 7.60. The lowest BCUT2D eigenvalue weighted by atomic mass is 10.2. The van der Waals surface area contributed by atoms with Gasteiger partial charge in [0.1, 0.15) is 0 Å². The van der Waals surface area contributed by atoms with Crippen LogP contribution in [0.25, 0.3) is 0 Å². The molecule has 0 saturated heterocycles. The van der Waals surface area contributed by atoms with Crippen LogP contribution in [0.15, 0.2) is 41.6 Å². The Morgan fingerprint density at radius 2 is 2.00 bits per heavy atom. The zero-order valence-electron chi connectivity index (χ0n) is 10.3. The molecule has 2 aromatic rings. The van der Waals surface area contributed by atoms with E-state index in [4.69, 9.17) is 17.3 Å². The molecule has 0 aliphatic carbocycles. The van der Waals surface area contributed by atoms with Crippen molar-refractivity contribution in [2.24, 2.45) is 0 Å². The molecule has 6 heteroatoms. The third kappa shape index (κ3) is 3.24. The highest BCUT2D eigenvalue weighted by atomic mass is 35.5. The third-order valence-electron chi connectivity index (χ3n) is 2.60. The van der Waals surface area contributed by atoms with E-state index in [-0.39, 0.29) is 16.3 Å². The van der Waals surface area contributed by atoms with Crippen molar-refractivity contribution < 1.29 is 8.42 Å². The minimum Gasteiger partial charge on any atom is -0.398 e. The molecule has 0 radical (unpaired) electrons. The van der Waals surface area contributed by atoms with E-state index >= 15 is 0 Å². The highest BCUT2D eigenvalue weighted by Crippen LogP contribution is 2.25. The Morgan fingerprint density at radius 1 is 1.26 bits per heavy atom. The first kappa shape index (κ1) is 13.8. The lowest BCUT2D eigenvalue weighted by molar-refractivity contribution is 0.595. The van der Waals surface area contributed by atoms with Crippen molar-refractivity contribution in [3.63, 3.8) is 0 Å². The number of hydrogen-bond acceptors (Lipinski definition) is 4. The van der Waals surface area contributed by atoms with Gasteiger partial charge in [0.15, 0.2) is 9.84 Å². The van der Waals surface area contributed by atoms with E-state index in [2.05, 4.69) is 4.98 Å². The van der Waals surface area contributed by atoms with E-state index in [1.807, 2.05) is 6.92 Å². The number of pyridine rings is 1. The molecule has 2 rings (SSSR count). The molecule has 19 heavy (non-hydrogen) atoms. The van der Waals surface area contributed by atoms with Crippen LogP contribution in [0.4, 0.5) is 5.69 Å². The number of hydrogen-bond donors (Lipinski definition) is 1. The summed E-state index contributed by atoms with van der Waals surface area (Å²) in [5.74, 6) is -0.147. The Bertz CT molecular complexity index is 714. The molecule has 1 heterocycles. The molecular formula is C13H13ClN2O2S. The number of aryl methyl sites for hydroxylation is 1. The number of rotatable bonds is 3. The molecule has 1 aromatic carbocycles. The van der Waals surface area contributed by atoms with Crippen molar-refractivity contribution in [3.8, 4) is 0 Å². The fourth-order valence-corrected chi connectivity index (χ4v) is 3.49. The van der Waals surface area contributed by atoms with Gasteiger partial charge in [-0.3, -0.25) is 4.98 Å². The van der Waals surface area contributed by atoms with Gasteiger partial charge < -0.3 is 5.73 Å². The zero-order valence-corrected chi connectivity index (χ0v) is 11.9. The van der Waals surface area contributed by atoms with Crippen molar-refractivity contribution in [1.29, 1.82) is 0 Å². The summed E-state index contributed by atoms with van der Waals surface area (Å²) in [5, 5.41) is 0.343. The predicted molar refractivity (Wildman–Crippen MR) is 75.7 cm³/mol. The van der Waals surface area contributed by atoms with Crippen LogP contribution in [-0.4, -0.2) is 13.4 Å². The largest absolute Gasteiger partial charge is 0.398 e. The average molecular weight is 297 g/mol. The molecule has 0 amide bonds. The van der Waals surface area contributed by atoms with E-state index in [0.29, 0.717) is 10.6 Å². The van der Waals surface area contributed by atoms with Gasteiger partial charge in [-0.05, 0) is 36.2 Å². The number of halogens is 1. The van der Waals surface area contributed by atoms with Gasteiger partial charge >= 0.3 is 0 Å². The van der Waals surface area contributed by atoms with Crippen molar-refractivity contribution >= 4 is 27.1 Å². The fraction of sp³-hybridized carbons (Fsp3) is 0.154. The quantitative estimate of drug-likeness (QED) is 0.884. The van der Waals surface area contributed by atoms with E-state index < -0.39 is 9.84 Å². The maximum atomic E-state index is 12.3. The molecule has 0 spiro atoms. The zero-order chi connectivity index (χ0) is 14.0. The Kier molecular flexibility index (Phi) is 3.78. The summed E-state index contributed by atoms with van der Waals surface area (Å²) in [7, 11) is -3.53. The molecule has 100 valence electrons. The number of nitrogen functional groups attached to an aromatic ring is 1. The van der Waals surface area contributed by atoms with Crippen LogP contribution in [0.2, 0.25) is 5.02 Å². The van der Waals surface area contributed by atoms with Crippen molar-refractivity contribution in [3.05, 3.63) is 52.8 Å². The molecule has 0 aliphatic heterocycles. The number of nitrogens with zero attached hydrogens (tertiary/aromatic N) is 1. The SMILES string of the molecule is Cc1cncc(CS(=O)(=O)c2cc(Cl)ccc2N)c1. The number of benzene rings is 1. The van der Waals surface area contributed by atoms with E-state index in [1.54, 1.807) is 18.3 Å². The molecule has 0 aliphatic rings. The van der Waals surface area contributed by atoms with Gasteiger partial charge in [-0.15, -0.1) is 0 Å². The molecule has 1 aromatic heterocycles. The summed E-state index contributed by atoms with van der Waals surface area (Å²) < 4.78 is 24.6. The minimum atomic E-state index is -3.53. The second-order valence-electron chi connectivity index (χ2n) is 4.31. The van der Waals surface area contributed by atoms with Crippen molar-refractivity contribution in [1.82, 2.24) is 4.98 Å². The topological polar surface area (TPSA) is 73.0 Å². The Balaban J connectivity index is 2.40. The van der Waals surface area contributed by atoms with Gasteiger partial charge in [-0.2, -0.15) is 0 Å². The lowest BCUT2D eigenvalue weighted by Crippen LogP contribution is -2.08. The molecule has 4 nitrogen and oxygen atoms in total. The standard InChI is InChI=1S/C13H13ClN2O2S/c1-9-4-10(7-16-6-9)8-19(17,18)13-5-11(14)2-3-12(13)15/h2-7H,8,15H2,1H3. The van der Waals surface area contributed by atoms with Crippen LogP contribution >= 0.6 is 11.6 Å². The van der Waals surface area contributed by atoms with Gasteiger partial charge in [0.25, 0.3) is 0 Å². The first-order valence-electron chi connectivity index (χ1n) is 5.57. The van der Waals surface area contributed by atoms with Gasteiger partial charge in [-0.25, -0.2) is 8.42 Å². The number of anilines is 1. The molecule has 0 atom stereocenters. The molecule has 0 bridgehead atoms. The van der Waals surface area contributed by atoms with E-state index in [1.165, 1.54) is 18.3 Å². The number of sulfone groups is 1. The number of nitrogens with two attached hydrogens (primary N) is 1. The second kappa shape index (κ2) is 5.19. The van der Waals surface area contributed by atoms with E-state index in [9.17, 15) is 8.42 Å². The van der Waals surface area contributed by atoms with Gasteiger partial charge in [-0.1, -0.05) is 17.7 Å².